The molecule has 1 saturated carbocycles. The molecule has 1 aliphatic heterocycles. The van der Waals surface area contributed by atoms with Crippen molar-refractivity contribution in [1.29, 1.82) is 0 Å². The highest BCUT2D eigenvalue weighted by Gasteiger charge is 2.38. The molecule has 2 aliphatic rings. The van der Waals surface area contributed by atoms with Gasteiger partial charge in [0.05, 0.1) is 5.92 Å². The van der Waals surface area contributed by atoms with Crippen LogP contribution in [-0.2, 0) is 4.79 Å². The molecule has 1 fully saturated rings. The molecule has 2 nitrogen and oxygen atoms in total. The second kappa shape index (κ2) is 5.08. The molecular weight excluding hydrogens is 241 g/mol. The van der Waals surface area contributed by atoms with Crippen LogP contribution in [0.15, 0.2) is 41.0 Å². The first kappa shape index (κ1) is 12.3. The van der Waals surface area contributed by atoms with E-state index < -0.39 is 5.92 Å². The van der Waals surface area contributed by atoms with Gasteiger partial charge in [-0.25, -0.2) is 4.39 Å². The summed E-state index contributed by atoms with van der Waals surface area (Å²) in [6.45, 7) is 0. The zero-order valence-corrected chi connectivity index (χ0v) is 10.7. The molecule has 1 unspecified atom stereocenters. The average Bonchev–Trinajstić information content (AvgIpc) is 3.27. The summed E-state index contributed by atoms with van der Waals surface area (Å²) in [6.07, 6.45) is 7.08. The summed E-state index contributed by atoms with van der Waals surface area (Å²) >= 11 is 0. The van der Waals surface area contributed by atoms with E-state index >= 15 is 0 Å². The van der Waals surface area contributed by atoms with Crippen molar-refractivity contribution in [3.63, 3.8) is 0 Å². The Morgan fingerprint density at radius 2 is 2.11 bits per heavy atom. The molecule has 19 heavy (non-hydrogen) atoms. The second-order valence-corrected chi connectivity index (χ2v) is 5.21. The summed E-state index contributed by atoms with van der Waals surface area (Å²) in [5.41, 5.74) is 1.45. The van der Waals surface area contributed by atoms with Gasteiger partial charge in [-0.05, 0) is 37.3 Å². The van der Waals surface area contributed by atoms with Crippen molar-refractivity contribution in [3.8, 4) is 0 Å². The topological polar surface area (TPSA) is 29.4 Å². The highest BCUT2D eigenvalue weighted by Crippen LogP contribution is 2.40. The Hall–Kier alpha value is -1.77. The number of carbonyl (C=O) groups is 1. The zero-order chi connectivity index (χ0) is 13.2. The molecule has 0 bridgehead atoms. The maximum Gasteiger partial charge on any atom is 0.147 e. The van der Waals surface area contributed by atoms with E-state index in [0.29, 0.717) is 5.56 Å². The van der Waals surface area contributed by atoms with E-state index in [2.05, 4.69) is 4.99 Å². The maximum absolute atomic E-state index is 14.0. The Balaban J connectivity index is 2.00. The van der Waals surface area contributed by atoms with E-state index in [1.807, 2.05) is 6.21 Å². The highest BCUT2D eigenvalue weighted by molar-refractivity contribution is 5.92. The minimum Gasteiger partial charge on any atom is -0.298 e. The fraction of sp³-hybridized carbons (Fsp3) is 0.375. The van der Waals surface area contributed by atoms with Gasteiger partial charge in [0.15, 0.2) is 0 Å². The molecule has 0 N–H and O–H groups in total. The van der Waals surface area contributed by atoms with E-state index in [9.17, 15) is 9.18 Å². The molecule has 3 rings (SSSR count). The van der Waals surface area contributed by atoms with Crippen LogP contribution >= 0.6 is 0 Å². The van der Waals surface area contributed by atoms with Crippen molar-refractivity contribution >= 4 is 12.0 Å². The van der Waals surface area contributed by atoms with E-state index in [1.165, 1.54) is 6.07 Å². The highest BCUT2D eigenvalue weighted by atomic mass is 19.1. The normalized spacial score (nSPS) is 19.9. The van der Waals surface area contributed by atoms with Crippen LogP contribution in [0.4, 0.5) is 4.39 Å². The summed E-state index contributed by atoms with van der Waals surface area (Å²) in [6, 6.07) is 6.59. The molecule has 1 aromatic carbocycles. The fourth-order valence-corrected chi connectivity index (χ4v) is 2.59. The standard InChI is InChI=1S/C16H16FNO/c17-14-6-2-1-5-13(14)15(16(19)11-7-8-11)12-4-3-9-18-10-12/h1-2,5-6,9-11,15H,3-4,7-8H2. The Kier molecular flexibility index (Phi) is 3.28. The van der Waals surface area contributed by atoms with Gasteiger partial charge in [0.2, 0.25) is 0 Å². The molecular formula is C16H16FNO. The van der Waals surface area contributed by atoms with Crippen molar-refractivity contribution < 1.29 is 9.18 Å². The lowest BCUT2D eigenvalue weighted by Gasteiger charge is -2.21. The summed E-state index contributed by atoms with van der Waals surface area (Å²) in [5.74, 6) is -0.451. The third kappa shape index (κ3) is 2.50. The Labute approximate surface area is 112 Å². The van der Waals surface area contributed by atoms with Crippen LogP contribution in [0.1, 0.15) is 37.2 Å². The summed E-state index contributed by atoms with van der Waals surface area (Å²) in [4.78, 5) is 16.6. The van der Waals surface area contributed by atoms with Crippen LogP contribution in [0.5, 0.6) is 0 Å². The first-order chi connectivity index (χ1) is 9.27. The molecule has 98 valence electrons. The van der Waals surface area contributed by atoms with E-state index in [0.717, 1.165) is 31.3 Å². The molecule has 0 saturated heterocycles. The van der Waals surface area contributed by atoms with Gasteiger partial charge in [0.1, 0.15) is 11.6 Å². The fourth-order valence-electron chi connectivity index (χ4n) is 2.59. The van der Waals surface area contributed by atoms with Crippen molar-refractivity contribution in [2.75, 3.05) is 0 Å². The third-order valence-electron chi connectivity index (χ3n) is 3.76. The molecule has 1 atom stereocenters. The number of aliphatic imine (C=N–C) groups is 1. The molecule has 1 heterocycles. The van der Waals surface area contributed by atoms with Gasteiger partial charge in [-0.15, -0.1) is 0 Å². The smallest absolute Gasteiger partial charge is 0.147 e. The van der Waals surface area contributed by atoms with Crippen LogP contribution in [0.25, 0.3) is 0 Å². The van der Waals surface area contributed by atoms with Crippen LogP contribution in [0.3, 0.4) is 0 Å². The number of Topliss-reactive ketones (excluding diaryl/α,β-unsaturated/α-hetero) is 1. The van der Waals surface area contributed by atoms with Crippen molar-refractivity contribution in [2.45, 2.75) is 31.6 Å². The van der Waals surface area contributed by atoms with Gasteiger partial charge < -0.3 is 0 Å². The van der Waals surface area contributed by atoms with E-state index in [-0.39, 0.29) is 17.5 Å². The third-order valence-corrected chi connectivity index (χ3v) is 3.76. The van der Waals surface area contributed by atoms with E-state index in [1.54, 1.807) is 24.4 Å². The van der Waals surface area contributed by atoms with Gasteiger partial charge >= 0.3 is 0 Å². The van der Waals surface area contributed by atoms with Gasteiger partial charge in [-0.1, -0.05) is 18.2 Å². The van der Waals surface area contributed by atoms with Gasteiger partial charge in [-0.3, -0.25) is 9.79 Å². The molecule has 0 aromatic heterocycles. The monoisotopic (exact) mass is 257 g/mol. The Morgan fingerprint density at radius 1 is 1.32 bits per heavy atom. The number of benzene rings is 1. The molecule has 0 spiro atoms. The lowest BCUT2D eigenvalue weighted by Crippen LogP contribution is -2.19. The number of rotatable bonds is 4. The summed E-state index contributed by atoms with van der Waals surface area (Å²) in [5, 5.41) is 0. The van der Waals surface area contributed by atoms with E-state index in [4.69, 9.17) is 0 Å². The molecule has 1 aliphatic carbocycles. The predicted octanol–water partition coefficient (Wildman–Crippen LogP) is 3.64. The lowest BCUT2D eigenvalue weighted by atomic mass is 9.83. The number of hydrogen-bond acceptors (Lipinski definition) is 2. The van der Waals surface area contributed by atoms with Gasteiger partial charge in [0, 0.05) is 23.9 Å². The van der Waals surface area contributed by atoms with Crippen molar-refractivity contribution in [1.82, 2.24) is 0 Å². The minimum atomic E-state index is -0.439. The van der Waals surface area contributed by atoms with Crippen LogP contribution in [0, 0.1) is 11.7 Å². The molecule has 3 heteroatoms. The van der Waals surface area contributed by atoms with Gasteiger partial charge in [0.25, 0.3) is 0 Å². The number of hydrogen-bond donors (Lipinski definition) is 0. The summed E-state index contributed by atoms with van der Waals surface area (Å²) in [7, 11) is 0. The summed E-state index contributed by atoms with van der Waals surface area (Å²) < 4.78 is 14.0. The number of ketones is 1. The lowest BCUT2D eigenvalue weighted by molar-refractivity contribution is -0.121. The second-order valence-electron chi connectivity index (χ2n) is 5.21. The first-order valence-corrected chi connectivity index (χ1v) is 6.76. The number of allylic oxidation sites excluding steroid dienone is 1. The number of halogens is 1. The quantitative estimate of drug-likeness (QED) is 0.809. The SMILES string of the molecule is O=C(C1CC1)C(C1=CN=CCC1)c1ccccc1F. The largest absolute Gasteiger partial charge is 0.298 e. The van der Waals surface area contributed by atoms with Crippen LogP contribution < -0.4 is 0 Å². The molecule has 1 aromatic rings. The van der Waals surface area contributed by atoms with Crippen molar-refractivity contribution in [3.05, 3.63) is 47.4 Å². The minimum absolute atomic E-state index is 0.122. The number of carbonyl (C=O) groups excluding carboxylic acids is 1. The Bertz CT molecular complexity index is 558. The van der Waals surface area contributed by atoms with Crippen LogP contribution in [-0.4, -0.2) is 12.0 Å². The van der Waals surface area contributed by atoms with Gasteiger partial charge in [-0.2, -0.15) is 0 Å². The van der Waals surface area contributed by atoms with Crippen LogP contribution in [0.2, 0.25) is 0 Å². The number of nitrogens with zero attached hydrogens (tertiary/aromatic N) is 1. The first-order valence-electron chi connectivity index (χ1n) is 6.76. The predicted molar refractivity (Wildman–Crippen MR) is 72.7 cm³/mol. The Morgan fingerprint density at radius 3 is 2.74 bits per heavy atom. The van der Waals surface area contributed by atoms with Crippen molar-refractivity contribution in [2.24, 2.45) is 10.9 Å². The zero-order valence-electron chi connectivity index (χ0n) is 10.7. The average molecular weight is 257 g/mol. The maximum atomic E-state index is 14.0. The molecule has 0 amide bonds. The molecule has 0 radical (unpaired) electrons.